The third kappa shape index (κ3) is 2.57. The molecule has 12 heavy (non-hydrogen) atoms. The molecule has 0 fully saturated rings. The normalized spacial score (nSPS) is 24.5. The van der Waals surface area contributed by atoms with Gasteiger partial charge in [-0.3, -0.25) is 0 Å². The first-order valence-corrected chi connectivity index (χ1v) is 4.22. The number of hydrogen-bond acceptors (Lipinski definition) is 0. The lowest BCUT2D eigenvalue weighted by molar-refractivity contribution is 0.668. The summed E-state index contributed by atoms with van der Waals surface area (Å²) < 4.78 is 0. The molecule has 2 atom stereocenters. The summed E-state index contributed by atoms with van der Waals surface area (Å²) in [6.07, 6.45) is 15.1. The molecule has 0 N–H and O–H groups in total. The Hall–Kier alpha value is -0.975. The van der Waals surface area contributed by atoms with Gasteiger partial charge in [0.05, 0.1) is 7.85 Å². The second kappa shape index (κ2) is 4.81. The second-order valence-electron chi connectivity index (χ2n) is 2.91. The van der Waals surface area contributed by atoms with Crippen LogP contribution < -0.4 is 0 Å². The molecule has 0 saturated carbocycles. The molecule has 1 aliphatic rings. The van der Waals surface area contributed by atoms with Gasteiger partial charge >= 0.3 is 0 Å². The van der Waals surface area contributed by atoms with Gasteiger partial charge < -0.3 is 0 Å². The van der Waals surface area contributed by atoms with Crippen LogP contribution in [0.1, 0.15) is 6.42 Å². The standard InChI is InChI=1S/C11H13B/c1-2-3-9-11(12)10-7-5-4-6-8-10/h2-7,9-11H,1,8H2/b9-3-. The van der Waals surface area contributed by atoms with Crippen molar-refractivity contribution in [2.75, 3.05) is 0 Å². The van der Waals surface area contributed by atoms with Crippen molar-refractivity contribution in [1.29, 1.82) is 0 Å². The van der Waals surface area contributed by atoms with E-state index in [0.717, 1.165) is 6.42 Å². The van der Waals surface area contributed by atoms with Crippen LogP contribution >= 0.6 is 0 Å². The molecule has 2 unspecified atom stereocenters. The molecule has 0 aromatic rings. The topological polar surface area (TPSA) is 0 Å². The van der Waals surface area contributed by atoms with Gasteiger partial charge in [-0.2, -0.15) is 0 Å². The Morgan fingerprint density at radius 2 is 2.33 bits per heavy atom. The summed E-state index contributed by atoms with van der Waals surface area (Å²) in [7, 11) is 5.91. The number of allylic oxidation sites excluding steroid dienone is 7. The SMILES string of the molecule is [B]C(/C=C\C=C)C1C=CC=CC1. The van der Waals surface area contributed by atoms with Gasteiger partial charge in [0.15, 0.2) is 0 Å². The van der Waals surface area contributed by atoms with Crippen LogP contribution in [0.3, 0.4) is 0 Å². The van der Waals surface area contributed by atoms with Crippen molar-refractivity contribution in [2.45, 2.75) is 12.2 Å². The second-order valence-corrected chi connectivity index (χ2v) is 2.91. The van der Waals surface area contributed by atoms with Gasteiger partial charge in [0.25, 0.3) is 0 Å². The Morgan fingerprint density at radius 3 is 2.92 bits per heavy atom. The average Bonchev–Trinajstić information content (AvgIpc) is 2.15. The smallest absolute Gasteiger partial charge is 0.0763 e. The maximum atomic E-state index is 5.91. The van der Waals surface area contributed by atoms with E-state index >= 15 is 0 Å². The van der Waals surface area contributed by atoms with Crippen LogP contribution in [0.25, 0.3) is 0 Å². The van der Waals surface area contributed by atoms with E-state index in [0.29, 0.717) is 5.92 Å². The third-order valence-electron chi connectivity index (χ3n) is 1.98. The summed E-state index contributed by atoms with van der Waals surface area (Å²) in [5, 5.41) is 0. The molecule has 1 heteroatoms. The summed E-state index contributed by atoms with van der Waals surface area (Å²) in [6.45, 7) is 3.60. The van der Waals surface area contributed by atoms with Crippen molar-refractivity contribution in [3.05, 3.63) is 49.1 Å². The van der Waals surface area contributed by atoms with E-state index in [4.69, 9.17) is 7.85 Å². The Bertz CT molecular complexity index is 223. The quantitative estimate of drug-likeness (QED) is 0.435. The molecule has 2 radical (unpaired) electrons. The first-order chi connectivity index (χ1) is 5.84. The maximum Gasteiger partial charge on any atom is 0.0763 e. The van der Waals surface area contributed by atoms with Gasteiger partial charge in [0.2, 0.25) is 0 Å². The van der Waals surface area contributed by atoms with Gasteiger partial charge in [-0.1, -0.05) is 54.9 Å². The largest absolute Gasteiger partial charge is 0.0991 e. The highest BCUT2D eigenvalue weighted by molar-refractivity contribution is 6.13. The molecule has 0 aliphatic heterocycles. The van der Waals surface area contributed by atoms with Crippen LogP contribution in [0.15, 0.2) is 49.1 Å². The van der Waals surface area contributed by atoms with Crippen molar-refractivity contribution in [1.82, 2.24) is 0 Å². The highest BCUT2D eigenvalue weighted by Crippen LogP contribution is 2.24. The first-order valence-electron chi connectivity index (χ1n) is 4.22. The molecule has 0 nitrogen and oxygen atoms in total. The zero-order chi connectivity index (χ0) is 8.81. The molecule has 1 aliphatic carbocycles. The summed E-state index contributed by atoms with van der Waals surface area (Å²) in [5.41, 5.74) is 0. The lowest BCUT2D eigenvalue weighted by Gasteiger charge is -2.17. The van der Waals surface area contributed by atoms with E-state index in [1.165, 1.54) is 0 Å². The minimum absolute atomic E-state index is 0.115. The Balaban J connectivity index is 2.47. The van der Waals surface area contributed by atoms with E-state index in [9.17, 15) is 0 Å². The fourth-order valence-electron chi connectivity index (χ4n) is 1.23. The van der Waals surface area contributed by atoms with E-state index in [1.54, 1.807) is 6.08 Å². The molecule has 0 heterocycles. The molecule has 60 valence electrons. The van der Waals surface area contributed by atoms with Gasteiger partial charge in [0.1, 0.15) is 0 Å². The summed E-state index contributed by atoms with van der Waals surface area (Å²) in [4.78, 5) is 0. The van der Waals surface area contributed by atoms with Crippen LogP contribution in [-0.4, -0.2) is 7.85 Å². The van der Waals surface area contributed by atoms with Gasteiger partial charge in [0, 0.05) is 0 Å². The number of hydrogen-bond donors (Lipinski definition) is 0. The van der Waals surface area contributed by atoms with Crippen molar-refractivity contribution < 1.29 is 0 Å². The van der Waals surface area contributed by atoms with Crippen LogP contribution in [0.2, 0.25) is 5.82 Å². The molecule has 0 spiro atoms. The van der Waals surface area contributed by atoms with Crippen molar-refractivity contribution >= 4 is 7.85 Å². The van der Waals surface area contributed by atoms with Crippen molar-refractivity contribution in [2.24, 2.45) is 5.92 Å². The van der Waals surface area contributed by atoms with E-state index in [2.05, 4.69) is 30.9 Å². The molecule has 0 aromatic carbocycles. The molecule has 0 bridgehead atoms. The fraction of sp³-hybridized carbons (Fsp3) is 0.273. The molecular weight excluding hydrogens is 143 g/mol. The van der Waals surface area contributed by atoms with Crippen LogP contribution in [-0.2, 0) is 0 Å². The predicted octanol–water partition coefficient (Wildman–Crippen LogP) is 2.82. The molecule has 0 aromatic heterocycles. The minimum atomic E-state index is 0.115. The van der Waals surface area contributed by atoms with Crippen LogP contribution in [0.5, 0.6) is 0 Å². The Labute approximate surface area is 75.8 Å². The van der Waals surface area contributed by atoms with Crippen LogP contribution in [0.4, 0.5) is 0 Å². The molecule has 1 rings (SSSR count). The summed E-state index contributed by atoms with van der Waals surface area (Å²) in [6, 6.07) is 0. The minimum Gasteiger partial charge on any atom is -0.0991 e. The van der Waals surface area contributed by atoms with Gasteiger partial charge in [-0.05, 0) is 12.3 Å². The van der Waals surface area contributed by atoms with Crippen molar-refractivity contribution in [3.8, 4) is 0 Å². The van der Waals surface area contributed by atoms with E-state index < -0.39 is 0 Å². The lowest BCUT2D eigenvalue weighted by atomic mass is 9.74. The fourth-order valence-corrected chi connectivity index (χ4v) is 1.23. The number of rotatable bonds is 3. The maximum absolute atomic E-state index is 5.91. The predicted molar refractivity (Wildman–Crippen MR) is 55.2 cm³/mol. The monoisotopic (exact) mass is 156 g/mol. The molecule has 0 amide bonds. The first kappa shape index (κ1) is 9.12. The van der Waals surface area contributed by atoms with Gasteiger partial charge in [-0.15, -0.1) is 0 Å². The zero-order valence-corrected chi connectivity index (χ0v) is 7.19. The zero-order valence-electron chi connectivity index (χ0n) is 7.19. The molecular formula is C11H13B. The highest BCUT2D eigenvalue weighted by atomic mass is 14.1. The third-order valence-corrected chi connectivity index (χ3v) is 1.98. The highest BCUT2D eigenvalue weighted by Gasteiger charge is 2.10. The van der Waals surface area contributed by atoms with E-state index in [1.807, 2.05) is 12.2 Å². The summed E-state index contributed by atoms with van der Waals surface area (Å²) in [5.74, 6) is 0.565. The van der Waals surface area contributed by atoms with Crippen molar-refractivity contribution in [3.63, 3.8) is 0 Å². The molecule has 0 saturated heterocycles. The summed E-state index contributed by atoms with van der Waals surface area (Å²) >= 11 is 0. The average molecular weight is 156 g/mol. The Kier molecular flexibility index (Phi) is 3.66. The van der Waals surface area contributed by atoms with E-state index in [-0.39, 0.29) is 5.82 Å². The van der Waals surface area contributed by atoms with Crippen LogP contribution in [0, 0.1) is 5.92 Å². The van der Waals surface area contributed by atoms with Gasteiger partial charge in [-0.25, -0.2) is 0 Å². The Morgan fingerprint density at radius 1 is 1.50 bits per heavy atom. The lowest BCUT2D eigenvalue weighted by Crippen LogP contribution is -2.05.